The van der Waals surface area contributed by atoms with E-state index in [2.05, 4.69) is 30.9 Å². The van der Waals surface area contributed by atoms with Crippen molar-refractivity contribution in [2.75, 3.05) is 24.3 Å². The molecule has 9 nitrogen and oxygen atoms in total. The molecule has 4 N–H and O–H groups in total. The van der Waals surface area contributed by atoms with Gasteiger partial charge in [-0.05, 0) is 61.9 Å². The van der Waals surface area contributed by atoms with Crippen LogP contribution in [0.4, 0.5) is 24.7 Å². The monoisotopic (exact) mass is 586 g/mol. The zero-order valence-corrected chi connectivity index (χ0v) is 23.0. The minimum absolute atomic E-state index is 0.126. The van der Waals surface area contributed by atoms with Crippen LogP contribution in [0.3, 0.4) is 0 Å². The Morgan fingerprint density at radius 3 is 2.41 bits per heavy atom. The number of carbonyl (C=O) groups is 2. The van der Waals surface area contributed by atoms with E-state index in [-0.39, 0.29) is 41.0 Å². The zero-order chi connectivity index (χ0) is 29.9. The van der Waals surface area contributed by atoms with Crippen molar-refractivity contribution >= 4 is 45.8 Å². The molecular formula is C28H26ClF3N6O3. The molecule has 0 atom stereocenters. The Balaban J connectivity index is 1.58. The van der Waals surface area contributed by atoms with Gasteiger partial charge in [0.1, 0.15) is 11.5 Å². The van der Waals surface area contributed by atoms with Crippen molar-refractivity contribution in [1.29, 1.82) is 0 Å². The predicted octanol–water partition coefficient (Wildman–Crippen LogP) is 5.29. The highest BCUT2D eigenvalue weighted by molar-refractivity contribution is 6.34. The van der Waals surface area contributed by atoms with Crippen molar-refractivity contribution in [1.82, 2.24) is 20.3 Å². The van der Waals surface area contributed by atoms with E-state index in [0.717, 1.165) is 12.3 Å². The summed E-state index contributed by atoms with van der Waals surface area (Å²) in [6, 6.07) is 11.8. The number of carbonyl (C=O) groups excluding carboxylic acids is 2. The molecule has 0 aliphatic heterocycles. The molecule has 0 saturated heterocycles. The molecule has 0 aliphatic carbocycles. The second-order valence-electron chi connectivity index (χ2n) is 9.80. The van der Waals surface area contributed by atoms with Crippen LogP contribution in [0.15, 0.2) is 54.7 Å². The molecule has 0 bridgehead atoms. The van der Waals surface area contributed by atoms with E-state index in [4.69, 9.17) is 11.6 Å². The largest absolute Gasteiger partial charge is 0.433 e. The number of anilines is 2. The second kappa shape index (κ2) is 11.7. The lowest BCUT2D eigenvalue weighted by Gasteiger charge is -2.20. The Labute approximate surface area is 238 Å². The van der Waals surface area contributed by atoms with Crippen LogP contribution in [0.2, 0.25) is 5.02 Å². The number of aromatic nitrogens is 3. The third kappa shape index (κ3) is 6.72. The number of fused-ring (bicyclic) bond motifs is 1. The summed E-state index contributed by atoms with van der Waals surface area (Å²) in [6.07, 6.45) is -3.52. The lowest BCUT2D eigenvalue weighted by atomic mass is 9.93. The molecule has 214 valence electrons. The number of aliphatic hydroxyl groups is 1. The summed E-state index contributed by atoms with van der Waals surface area (Å²) >= 11 is 6.29. The normalized spacial score (nSPS) is 11.8. The zero-order valence-electron chi connectivity index (χ0n) is 22.2. The summed E-state index contributed by atoms with van der Waals surface area (Å²) in [7, 11) is 1.65. The second-order valence-corrected chi connectivity index (χ2v) is 10.2. The molecule has 0 spiro atoms. The van der Waals surface area contributed by atoms with Crippen LogP contribution in [0.1, 0.15) is 35.5 Å². The van der Waals surface area contributed by atoms with Gasteiger partial charge in [0.15, 0.2) is 5.82 Å². The van der Waals surface area contributed by atoms with Gasteiger partial charge in [-0.15, -0.1) is 0 Å². The number of hydrogen-bond acceptors (Lipinski definition) is 7. The molecule has 13 heteroatoms. The minimum atomic E-state index is -4.57. The van der Waals surface area contributed by atoms with Gasteiger partial charge in [-0.25, -0.2) is 9.97 Å². The van der Waals surface area contributed by atoms with Crippen LogP contribution >= 0.6 is 11.6 Å². The van der Waals surface area contributed by atoms with Crippen molar-refractivity contribution in [3.05, 3.63) is 76.6 Å². The van der Waals surface area contributed by atoms with Gasteiger partial charge in [-0.3, -0.25) is 14.6 Å². The Morgan fingerprint density at radius 1 is 1.02 bits per heavy atom. The Bertz CT molecular complexity index is 1610. The topological polar surface area (TPSA) is 129 Å². The van der Waals surface area contributed by atoms with Gasteiger partial charge in [-0.1, -0.05) is 17.7 Å². The molecule has 0 unspecified atom stereocenters. The van der Waals surface area contributed by atoms with E-state index in [1.54, 1.807) is 57.3 Å². The van der Waals surface area contributed by atoms with E-state index in [1.807, 2.05) is 0 Å². The molecule has 2 aromatic heterocycles. The molecule has 0 fully saturated rings. The van der Waals surface area contributed by atoms with Gasteiger partial charge >= 0.3 is 6.18 Å². The number of nitrogens with one attached hydrogen (secondary N) is 3. The van der Waals surface area contributed by atoms with E-state index in [9.17, 15) is 27.9 Å². The van der Waals surface area contributed by atoms with E-state index in [0.29, 0.717) is 28.0 Å². The highest BCUT2D eigenvalue weighted by atomic mass is 35.5. The molecule has 0 saturated carbocycles. The first-order chi connectivity index (χ1) is 19.3. The number of pyridine rings is 1. The van der Waals surface area contributed by atoms with Gasteiger partial charge in [0, 0.05) is 36.4 Å². The number of hydrogen-bond donors (Lipinski definition) is 4. The van der Waals surface area contributed by atoms with Crippen molar-refractivity contribution in [2.24, 2.45) is 5.41 Å². The molecule has 4 aromatic rings. The summed E-state index contributed by atoms with van der Waals surface area (Å²) in [4.78, 5) is 37.8. The summed E-state index contributed by atoms with van der Waals surface area (Å²) < 4.78 is 38.8. The van der Waals surface area contributed by atoms with Gasteiger partial charge in [-0.2, -0.15) is 13.2 Å². The number of halogens is 4. The van der Waals surface area contributed by atoms with Crippen molar-refractivity contribution < 1.29 is 27.9 Å². The number of nitrogens with zero attached hydrogens (tertiary/aromatic N) is 3. The summed E-state index contributed by atoms with van der Waals surface area (Å²) in [5, 5.41) is 18.7. The number of alkyl halides is 3. The molecular weight excluding hydrogens is 561 g/mol. The smallest absolute Gasteiger partial charge is 0.395 e. The quantitative estimate of drug-likeness (QED) is 0.221. The SMILES string of the molecule is CNc1nc(-c2ccc(C(F)(F)F)nc2)nc2cc(NC(=O)c3cc(CNC(=O)C(C)(C)CO)ccc3Cl)ccc12. The molecule has 2 aromatic carbocycles. The molecule has 2 amide bonds. The Kier molecular flexibility index (Phi) is 8.45. The third-order valence-corrected chi connectivity index (χ3v) is 6.57. The summed E-state index contributed by atoms with van der Waals surface area (Å²) in [5.74, 6) is -0.265. The molecule has 0 aliphatic rings. The third-order valence-electron chi connectivity index (χ3n) is 6.24. The lowest BCUT2D eigenvalue weighted by molar-refractivity contribution is -0.141. The van der Waals surface area contributed by atoms with E-state index < -0.39 is 23.2 Å². The van der Waals surface area contributed by atoms with Crippen LogP contribution in [0.5, 0.6) is 0 Å². The lowest BCUT2D eigenvalue weighted by Crippen LogP contribution is -2.38. The highest BCUT2D eigenvalue weighted by Crippen LogP contribution is 2.30. The van der Waals surface area contributed by atoms with Gasteiger partial charge in [0.25, 0.3) is 5.91 Å². The van der Waals surface area contributed by atoms with Gasteiger partial charge in [0.05, 0.1) is 28.1 Å². The fourth-order valence-corrected chi connectivity index (χ4v) is 3.97. The van der Waals surface area contributed by atoms with E-state index in [1.165, 1.54) is 6.07 Å². The first-order valence-corrected chi connectivity index (χ1v) is 12.7. The van der Waals surface area contributed by atoms with Crippen LogP contribution in [-0.4, -0.2) is 45.5 Å². The summed E-state index contributed by atoms with van der Waals surface area (Å²) in [5.41, 5.74) is -0.0897. The first kappa shape index (κ1) is 29.7. The number of amides is 2. The average Bonchev–Trinajstić information content (AvgIpc) is 2.95. The maximum atomic E-state index is 13.1. The Morgan fingerprint density at radius 2 is 1.78 bits per heavy atom. The maximum Gasteiger partial charge on any atom is 0.433 e. The minimum Gasteiger partial charge on any atom is -0.395 e. The molecule has 4 rings (SSSR count). The van der Waals surface area contributed by atoms with E-state index >= 15 is 0 Å². The standard InChI is InChI=1S/C28H26ClF3N6O3/c1-27(2,14-39)26(41)35-12-15-4-8-20(29)19(10-15)25(40)36-17-6-7-18-21(11-17)37-23(38-24(18)33-3)16-5-9-22(34-13-16)28(30,31)32/h4-11,13,39H,12,14H2,1-3H3,(H,35,41)(H,36,40)(H,33,37,38). The summed E-state index contributed by atoms with van der Waals surface area (Å²) in [6.45, 7) is 3.03. The van der Waals surface area contributed by atoms with Crippen molar-refractivity contribution in [3.63, 3.8) is 0 Å². The van der Waals surface area contributed by atoms with Crippen molar-refractivity contribution in [2.45, 2.75) is 26.6 Å². The fourth-order valence-electron chi connectivity index (χ4n) is 3.77. The molecule has 2 heterocycles. The predicted molar refractivity (Wildman–Crippen MR) is 149 cm³/mol. The van der Waals surface area contributed by atoms with Gasteiger partial charge < -0.3 is 21.1 Å². The molecule has 0 radical (unpaired) electrons. The van der Waals surface area contributed by atoms with Gasteiger partial charge in [0.2, 0.25) is 5.91 Å². The maximum absolute atomic E-state index is 13.1. The first-order valence-electron chi connectivity index (χ1n) is 12.3. The number of rotatable bonds is 8. The number of benzene rings is 2. The average molecular weight is 587 g/mol. The van der Waals surface area contributed by atoms with Crippen molar-refractivity contribution in [3.8, 4) is 11.4 Å². The molecule has 41 heavy (non-hydrogen) atoms. The fraction of sp³-hybridized carbons (Fsp3) is 0.250. The Hall–Kier alpha value is -4.29. The number of aliphatic hydroxyl groups excluding tert-OH is 1. The van der Waals surface area contributed by atoms with Crippen LogP contribution in [0, 0.1) is 5.41 Å². The van der Waals surface area contributed by atoms with Crippen LogP contribution < -0.4 is 16.0 Å². The van der Waals surface area contributed by atoms with Crippen LogP contribution in [-0.2, 0) is 17.5 Å². The highest BCUT2D eigenvalue weighted by Gasteiger charge is 2.32. The van der Waals surface area contributed by atoms with Crippen LogP contribution in [0.25, 0.3) is 22.3 Å².